The van der Waals surface area contributed by atoms with Gasteiger partial charge < -0.3 is 20.3 Å². The standard InChI is InChI=1S/C20H32N4O4S/c1-5-21-18(23-16-14-24(15-16)19(25)28-20(2,3)4)22-12-9-13-29(26,27)17-10-7-6-8-11-17/h6-8,10-11,16H,5,9,12-15H2,1-4H3,(H2,21,22,23). The van der Waals surface area contributed by atoms with Gasteiger partial charge in [-0.05, 0) is 46.2 Å². The molecule has 1 aliphatic rings. The molecule has 2 N–H and O–H groups in total. The van der Waals surface area contributed by atoms with E-state index in [2.05, 4.69) is 15.6 Å². The van der Waals surface area contributed by atoms with Crippen LogP contribution < -0.4 is 10.6 Å². The average Bonchev–Trinajstić information content (AvgIpc) is 2.60. The molecule has 0 bridgehead atoms. The molecule has 2 rings (SSSR count). The second-order valence-corrected chi connectivity index (χ2v) is 10.1. The monoisotopic (exact) mass is 424 g/mol. The first-order chi connectivity index (χ1) is 13.6. The first kappa shape index (κ1) is 23.0. The topological polar surface area (TPSA) is 100 Å². The molecule has 0 aliphatic carbocycles. The Balaban J connectivity index is 1.78. The fraction of sp³-hybridized carbons (Fsp3) is 0.600. The summed E-state index contributed by atoms with van der Waals surface area (Å²) in [5.74, 6) is 0.675. The molecule has 8 nitrogen and oxygen atoms in total. The van der Waals surface area contributed by atoms with Gasteiger partial charge in [0.25, 0.3) is 0 Å². The smallest absolute Gasteiger partial charge is 0.410 e. The first-order valence-corrected chi connectivity index (χ1v) is 11.6. The zero-order valence-corrected chi connectivity index (χ0v) is 18.5. The molecule has 0 spiro atoms. The predicted molar refractivity (Wildman–Crippen MR) is 114 cm³/mol. The number of benzene rings is 1. The lowest BCUT2D eigenvalue weighted by atomic mass is 10.1. The number of aliphatic imine (C=N–C) groups is 1. The van der Waals surface area contributed by atoms with Crippen LogP contribution in [0.1, 0.15) is 34.1 Å². The number of hydrogen-bond donors (Lipinski definition) is 2. The van der Waals surface area contributed by atoms with Crippen molar-refractivity contribution in [2.75, 3.05) is 31.9 Å². The van der Waals surface area contributed by atoms with Crippen LogP contribution in [-0.2, 0) is 14.6 Å². The summed E-state index contributed by atoms with van der Waals surface area (Å²) >= 11 is 0. The van der Waals surface area contributed by atoms with Gasteiger partial charge in [0.15, 0.2) is 15.8 Å². The minimum Gasteiger partial charge on any atom is -0.444 e. The molecule has 0 atom stereocenters. The number of nitrogens with one attached hydrogen (secondary N) is 2. The second-order valence-electron chi connectivity index (χ2n) is 7.97. The number of sulfone groups is 1. The Morgan fingerprint density at radius 1 is 1.24 bits per heavy atom. The van der Waals surface area contributed by atoms with E-state index in [1.807, 2.05) is 27.7 Å². The Hall–Kier alpha value is -2.29. The SMILES string of the molecule is CCNC(=NCCCS(=O)(=O)c1ccccc1)NC1CN(C(=O)OC(C)(C)C)C1. The number of hydrogen-bond acceptors (Lipinski definition) is 5. The van der Waals surface area contributed by atoms with Crippen molar-refractivity contribution in [1.29, 1.82) is 0 Å². The number of rotatable bonds is 7. The number of guanidine groups is 1. The number of carbonyl (C=O) groups is 1. The molecular formula is C20H32N4O4S. The van der Waals surface area contributed by atoms with E-state index in [0.29, 0.717) is 43.5 Å². The van der Waals surface area contributed by atoms with E-state index in [9.17, 15) is 13.2 Å². The normalized spacial score (nSPS) is 15.6. The van der Waals surface area contributed by atoms with Gasteiger partial charge in [-0.25, -0.2) is 13.2 Å². The Labute approximate surface area is 173 Å². The fourth-order valence-electron chi connectivity index (χ4n) is 2.75. The lowest BCUT2D eigenvalue weighted by molar-refractivity contribution is 0.00700. The zero-order chi connectivity index (χ0) is 21.5. The number of ether oxygens (including phenoxy) is 1. The summed E-state index contributed by atoms with van der Waals surface area (Å²) < 4.78 is 30.0. The third kappa shape index (κ3) is 7.56. The summed E-state index contributed by atoms with van der Waals surface area (Å²) in [4.78, 5) is 18.4. The maximum atomic E-state index is 12.3. The van der Waals surface area contributed by atoms with Crippen LogP contribution in [-0.4, -0.2) is 68.9 Å². The molecule has 29 heavy (non-hydrogen) atoms. The highest BCUT2D eigenvalue weighted by molar-refractivity contribution is 7.91. The van der Waals surface area contributed by atoms with Gasteiger partial charge in [0.2, 0.25) is 0 Å². The van der Waals surface area contributed by atoms with E-state index in [0.717, 1.165) is 0 Å². The first-order valence-electron chi connectivity index (χ1n) is 9.91. The highest BCUT2D eigenvalue weighted by Crippen LogP contribution is 2.15. The van der Waals surface area contributed by atoms with Crippen LogP contribution in [0.15, 0.2) is 40.2 Å². The summed E-state index contributed by atoms with van der Waals surface area (Å²) in [5, 5.41) is 6.42. The van der Waals surface area contributed by atoms with Crippen LogP contribution in [0.2, 0.25) is 0 Å². The molecule has 0 radical (unpaired) electrons. The average molecular weight is 425 g/mol. The van der Waals surface area contributed by atoms with Gasteiger partial charge in [-0.15, -0.1) is 0 Å². The molecule has 0 unspecified atom stereocenters. The summed E-state index contributed by atoms with van der Waals surface area (Å²) in [6.07, 6.45) is 0.117. The largest absolute Gasteiger partial charge is 0.444 e. The Morgan fingerprint density at radius 2 is 1.90 bits per heavy atom. The Morgan fingerprint density at radius 3 is 2.48 bits per heavy atom. The molecular weight excluding hydrogens is 392 g/mol. The molecule has 1 fully saturated rings. The van der Waals surface area contributed by atoms with E-state index in [-0.39, 0.29) is 17.9 Å². The number of amides is 1. The third-order valence-corrected chi connectivity index (χ3v) is 5.98. The molecule has 0 aromatic heterocycles. The summed E-state index contributed by atoms with van der Waals surface area (Å²) in [5.41, 5.74) is -0.508. The summed E-state index contributed by atoms with van der Waals surface area (Å²) in [7, 11) is -3.29. The maximum absolute atomic E-state index is 12.3. The van der Waals surface area contributed by atoms with Gasteiger partial charge in [-0.1, -0.05) is 18.2 Å². The van der Waals surface area contributed by atoms with Crippen molar-refractivity contribution in [2.45, 2.75) is 50.7 Å². The van der Waals surface area contributed by atoms with Crippen LogP contribution in [0.25, 0.3) is 0 Å². The van der Waals surface area contributed by atoms with Crippen molar-refractivity contribution in [1.82, 2.24) is 15.5 Å². The van der Waals surface area contributed by atoms with Gasteiger partial charge >= 0.3 is 6.09 Å². The van der Waals surface area contributed by atoms with Gasteiger partial charge in [-0.2, -0.15) is 0 Å². The summed E-state index contributed by atoms with van der Waals surface area (Å²) in [6, 6.07) is 8.54. The lowest BCUT2D eigenvalue weighted by Crippen LogP contribution is -2.63. The molecule has 1 aromatic rings. The number of nitrogens with zero attached hydrogens (tertiary/aromatic N) is 2. The van der Waals surface area contributed by atoms with E-state index in [1.54, 1.807) is 35.2 Å². The van der Waals surface area contributed by atoms with E-state index in [4.69, 9.17) is 4.74 Å². The van der Waals surface area contributed by atoms with E-state index in [1.165, 1.54) is 0 Å². The highest BCUT2D eigenvalue weighted by Gasteiger charge is 2.34. The highest BCUT2D eigenvalue weighted by atomic mass is 32.2. The zero-order valence-electron chi connectivity index (χ0n) is 17.6. The van der Waals surface area contributed by atoms with Crippen molar-refractivity contribution in [3.05, 3.63) is 30.3 Å². The van der Waals surface area contributed by atoms with Gasteiger partial charge in [-0.3, -0.25) is 4.99 Å². The maximum Gasteiger partial charge on any atom is 0.410 e. The molecule has 1 amide bonds. The quantitative estimate of drug-likeness (QED) is 0.395. The Kier molecular flexibility index (Phi) is 7.89. The van der Waals surface area contributed by atoms with Crippen LogP contribution in [0.5, 0.6) is 0 Å². The predicted octanol–water partition coefficient (Wildman–Crippen LogP) is 2.02. The van der Waals surface area contributed by atoms with Gasteiger partial charge in [0, 0.05) is 26.2 Å². The van der Waals surface area contributed by atoms with Crippen LogP contribution in [0.4, 0.5) is 4.79 Å². The lowest BCUT2D eigenvalue weighted by Gasteiger charge is -2.40. The molecule has 162 valence electrons. The van der Waals surface area contributed by atoms with Crippen molar-refractivity contribution < 1.29 is 17.9 Å². The molecule has 1 aromatic carbocycles. The van der Waals surface area contributed by atoms with Crippen molar-refractivity contribution in [2.24, 2.45) is 4.99 Å². The molecule has 1 heterocycles. The van der Waals surface area contributed by atoms with Crippen LogP contribution >= 0.6 is 0 Å². The molecule has 1 saturated heterocycles. The van der Waals surface area contributed by atoms with Crippen molar-refractivity contribution in [3.8, 4) is 0 Å². The van der Waals surface area contributed by atoms with Gasteiger partial charge in [0.1, 0.15) is 5.60 Å². The van der Waals surface area contributed by atoms with Gasteiger partial charge in [0.05, 0.1) is 16.7 Å². The van der Waals surface area contributed by atoms with Crippen LogP contribution in [0, 0.1) is 0 Å². The van der Waals surface area contributed by atoms with E-state index < -0.39 is 15.4 Å². The minimum absolute atomic E-state index is 0.0514. The molecule has 1 aliphatic heterocycles. The molecule has 9 heteroatoms. The summed E-state index contributed by atoms with van der Waals surface area (Å²) in [6.45, 7) is 9.66. The number of carbonyl (C=O) groups excluding carboxylic acids is 1. The Bertz CT molecular complexity index is 798. The fourth-order valence-corrected chi connectivity index (χ4v) is 4.07. The van der Waals surface area contributed by atoms with Crippen molar-refractivity contribution >= 4 is 21.9 Å². The number of likely N-dealkylation sites (tertiary alicyclic amines) is 1. The molecule has 0 saturated carbocycles. The van der Waals surface area contributed by atoms with Crippen LogP contribution in [0.3, 0.4) is 0 Å². The van der Waals surface area contributed by atoms with Crippen molar-refractivity contribution in [3.63, 3.8) is 0 Å². The minimum atomic E-state index is -3.29. The van der Waals surface area contributed by atoms with E-state index >= 15 is 0 Å². The third-order valence-electron chi connectivity index (χ3n) is 4.16. The second kappa shape index (κ2) is 9.96.